The largest absolute Gasteiger partial charge is 0.316 e. The molecule has 0 aromatic heterocycles. The molecular weight excluding hydrogens is 387 g/mol. The highest BCUT2D eigenvalue weighted by Crippen LogP contribution is 2.23. The van der Waals surface area contributed by atoms with E-state index in [1.54, 1.807) is 18.2 Å². The number of anilines is 1. The summed E-state index contributed by atoms with van der Waals surface area (Å²) in [5.41, 5.74) is 0.565. The molecule has 0 radical (unpaired) electrons. The van der Waals surface area contributed by atoms with Crippen LogP contribution in [0.15, 0.2) is 18.2 Å². The molecule has 102 valence electrons. The number of benzene rings is 1. The van der Waals surface area contributed by atoms with Crippen LogP contribution in [0.3, 0.4) is 0 Å². The number of sulfonamides is 1. The molecule has 0 saturated heterocycles. The first-order valence-electron chi connectivity index (χ1n) is 5.61. The Hall–Kier alpha value is -0.0500. The van der Waals surface area contributed by atoms with Gasteiger partial charge in [-0.05, 0) is 53.8 Å². The second-order valence-electron chi connectivity index (χ2n) is 3.80. The summed E-state index contributed by atoms with van der Waals surface area (Å²) in [7, 11) is -3.31. The highest BCUT2D eigenvalue weighted by Gasteiger charge is 2.11. The molecule has 2 N–H and O–H groups in total. The molecule has 0 amide bonds. The molecule has 0 aliphatic carbocycles. The first-order chi connectivity index (χ1) is 8.44. The van der Waals surface area contributed by atoms with Crippen LogP contribution in [-0.4, -0.2) is 27.3 Å². The normalized spacial score (nSPS) is 11.5. The van der Waals surface area contributed by atoms with Crippen molar-refractivity contribution >= 4 is 49.9 Å². The van der Waals surface area contributed by atoms with Gasteiger partial charge in [0.15, 0.2) is 0 Å². The molecular formula is C11H16ClIN2O2S. The van der Waals surface area contributed by atoms with Crippen molar-refractivity contribution in [3.8, 4) is 0 Å². The molecule has 1 aromatic rings. The topological polar surface area (TPSA) is 58.2 Å². The fourth-order valence-electron chi connectivity index (χ4n) is 1.30. The molecule has 0 aliphatic heterocycles. The highest BCUT2D eigenvalue weighted by atomic mass is 127. The summed E-state index contributed by atoms with van der Waals surface area (Å²) in [6.45, 7) is 3.32. The lowest BCUT2D eigenvalue weighted by Crippen LogP contribution is -2.27. The quantitative estimate of drug-likeness (QED) is 0.544. The summed E-state index contributed by atoms with van der Waals surface area (Å²) in [5.74, 6) is 0.0612. The third-order valence-corrected chi connectivity index (χ3v) is 4.57. The Balaban J connectivity index is 2.59. The second-order valence-corrected chi connectivity index (χ2v) is 7.24. The van der Waals surface area contributed by atoms with Crippen LogP contribution in [0.5, 0.6) is 0 Å². The number of nitrogens with one attached hydrogen (secondary N) is 2. The summed E-state index contributed by atoms with van der Waals surface area (Å²) in [6, 6.07) is 5.05. The lowest BCUT2D eigenvalue weighted by Gasteiger charge is -2.10. The third kappa shape index (κ3) is 5.73. The standard InChI is InChI=1S/C11H16ClIN2O2S/c1-2-5-14-6-7-18(16,17)15-11-4-3-9(12)8-10(11)13/h3-4,8,14-15H,2,5-7H2,1H3. The third-order valence-electron chi connectivity index (χ3n) is 2.17. The minimum Gasteiger partial charge on any atom is -0.316 e. The molecule has 1 aromatic carbocycles. The molecule has 1 rings (SSSR count). The van der Waals surface area contributed by atoms with E-state index < -0.39 is 10.0 Å². The van der Waals surface area contributed by atoms with Crippen LogP contribution in [-0.2, 0) is 10.0 Å². The van der Waals surface area contributed by atoms with Gasteiger partial charge in [-0.25, -0.2) is 8.42 Å². The van der Waals surface area contributed by atoms with E-state index in [2.05, 4.69) is 32.6 Å². The predicted molar refractivity (Wildman–Crippen MR) is 84.7 cm³/mol. The van der Waals surface area contributed by atoms with Crippen LogP contribution in [0, 0.1) is 3.57 Å². The maximum absolute atomic E-state index is 11.8. The van der Waals surface area contributed by atoms with Crippen LogP contribution in [0.1, 0.15) is 13.3 Å². The van der Waals surface area contributed by atoms with Crippen LogP contribution in [0.2, 0.25) is 5.02 Å². The summed E-state index contributed by atoms with van der Waals surface area (Å²) in [6.07, 6.45) is 0.989. The van der Waals surface area contributed by atoms with Crippen molar-refractivity contribution in [3.05, 3.63) is 26.8 Å². The van der Waals surface area contributed by atoms with Gasteiger partial charge in [-0.15, -0.1) is 0 Å². The summed E-state index contributed by atoms with van der Waals surface area (Å²) in [4.78, 5) is 0. The van der Waals surface area contributed by atoms with Gasteiger partial charge in [0.1, 0.15) is 0 Å². The summed E-state index contributed by atoms with van der Waals surface area (Å²) >= 11 is 7.86. The van der Waals surface area contributed by atoms with Crippen LogP contribution in [0.4, 0.5) is 5.69 Å². The smallest absolute Gasteiger partial charge is 0.234 e. The second kappa shape index (κ2) is 7.52. The molecule has 18 heavy (non-hydrogen) atoms. The number of halogens is 2. The molecule has 0 spiro atoms. The van der Waals surface area contributed by atoms with Gasteiger partial charge in [0.2, 0.25) is 10.0 Å². The molecule has 0 heterocycles. The fourth-order valence-corrected chi connectivity index (χ4v) is 3.52. The van der Waals surface area contributed by atoms with Crippen molar-refractivity contribution < 1.29 is 8.42 Å². The van der Waals surface area contributed by atoms with E-state index in [1.807, 2.05) is 6.92 Å². The zero-order chi connectivity index (χ0) is 13.6. The molecule has 0 atom stereocenters. The van der Waals surface area contributed by atoms with Crippen LogP contribution >= 0.6 is 34.2 Å². The predicted octanol–water partition coefficient (Wildman–Crippen LogP) is 2.69. The summed E-state index contributed by atoms with van der Waals surface area (Å²) < 4.78 is 27.0. The first kappa shape index (κ1) is 16.0. The molecule has 0 unspecified atom stereocenters. The Morgan fingerprint density at radius 2 is 2.06 bits per heavy atom. The van der Waals surface area contributed by atoms with E-state index >= 15 is 0 Å². The lowest BCUT2D eigenvalue weighted by molar-refractivity contribution is 0.595. The van der Waals surface area contributed by atoms with Crippen molar-refractivity contribution in [2.45, 2.75) is 13.3 Å². The number of hydrogen-bond donors (Lipinski definition) is 2. The van der Waals surface area contributed by atoms with E-state index in [9.17, 15) is 8.42 Å². The maximum Gasteiger partial charge on any atom is 0.234 e. The van der Waals surface area contributed by atoms with Gasteiger partial charge in [-0.3, -0.25) is 4.72 Å². The zero-order valence-corrected chi connectivity index (χ0v) is 13.8. The number of rotatable bonds is 7. The van der Waals surface area contributed by atoms with Crippen molar-refractivity contribution in [1.29, 1.82) is 0 Å². The van der Waals surface area contributed by atoms with Gasteiger partial charge in [0.05, 0.1) is 11.4 Å². The van der Waals surface area contributed by atoms with Crippen molar-refractivity contribution in [3.63, 3.8) is 0 Å². The van der Waals surface area contributed by atoms with Gasteiger partial charge in [-0.1, -0.05) is 18.5 Å². The minimum absolute atomic E-state index is 0.0612. The van der Waals surface area contributed by atoms with Gasteiger partial charge in [0, 0.05) is 15.1 Å². The van der Waals surface area contributed by atoms with Gasteiger partial charge < -0.3 is 5.32 Å². The van der Waals surface area contributed by atoms with E-state index in [0.717, 1.165) is 16.5 Å². The monoisotopic (exact) mass is 402 g/mol. The Bertz CT molecular complexity index is 494. The molecule has 0 bridgehead atoms. The highest BCUT2D eigenvalue weighted by molar-refractivity contribution is 14.1. The number of hydrogen-bond acceptors (Lipinski definition) is 3. The average Bonchev–Trinajstić information content (AvgIpc) is 2.28. The van der Waals surface area contributed by atoms with Gasteiger partial charge >= 0.3 is 0 Å². The Labute approximate surface area is 127 Å². The first-order valence-corrected chi connectivity index (χ1v) is 8.72. The van der Waals surface area contributed by atoms with E-state index in [4.69, 9.17) is 11.6 Å². The van der Waals surface area contributed by atoms with Gasteiger partial charge in [0.25, 0.3) is 0 Å². The molecule has 7 heteroatoms. The molecule has 0 fully saturated rings. The molecule has 4 nitrogen and oxygen atoms in total. The molecule has 0 saturated carbocycles. The van der Waals surface area contributed by atoms with Crippen molar-refractivity contribution in [2.24, 2.45) is 0 Å². The minimum atomic E-state index is -3.31. The van der Waals surface area contributed by atoms with E-state index in [0.29, 0.717) is 17.3 Å². The Kier molecular flexibility index (Phi) is 6.68. The Morgan fingerprint density at radius 1 is 1.33 bits per heavy atom. The van der Waals surface area contributed by atoms with E-state index in [-0.39, 0.29) is 5.75 Å². The average molecular weight is 403 g/mol. The summed E-state index contributed by atoms with van der Waals surface area (Å²) in [5, 5.41) is 3.65. The SMILES string of the molecule is CCCNCCS(=O)(=O)Nc1ccc(Cl)cc1I. The van der Waals surface area contributed by atoms with Crippen LogP contribution in [0.25, 0.3) is 0 Å². The van der Waals surface area contributed by atoms with Gasteiger partial charge in [-0.2, -0.15) is 0 Å². The van der Waals surface area contributed by atoms with Crippen molar-refractivity contribution in [1.82, 2.24) is 5.32 Å². The van der Waals surface area contributed by atoms with E-state index in [1.165, 1.54) is 0 Å². The Morgan fingerprint density at radius 3 is 2.67 bits per heavy atom. The lowest BCUT2D eigenvalue weighted by atomic mass is 10.3. The van der Waals surface area contributed by atoms with Crippen LogP contribution < -0.4 is 10.0 Å². The molecule has 0 aliphatic rings. The fraction of sp³-hybridized carbons (Fsp3) is 0.455. The van der Waals surface area contributed by atoms with Crippen molar-refractivity contribution in [2.75, 3.05) is 23.6 Å². The maximum atomic E-state index is 11.8. The zero-order valence-electron chi connectivity index (χ0n) is 10.0.